The molecule has 6 nitrogen and oxygen atoms in total. The van der Waals surface area contributed by atoms with Crippen LogP contribution in [0.25, 0.3) is 0 Å². The maximum atomic E-state index is 13.0. The maximum Gasteiger partial charge on any atom is 0.252 e. The van der Waals surface area contributed by atoms with E-state index in [1.54, 1.807) is 36.9 Å². The fraction of sp³-hybridized carbons (Fsp3) is 0.318. The number of aryl methyl sites for hydroxylation is 1. The Labute approximate surface area is 164 Å². The molecular formula is C22H25N3O3. The molecule has 0 saturated heterocycles. The predicted molar refractivity (Wildman–Crippen MR) is 110 cm³/mol. The summed E-state index contributed by atoms with van der Waals surface area (Å²) < 4.78 is 0. The summed E-state index contributed by atoms with van der Waals surface area (Å²) in [5.41, 5.74) is 3.76. The third-order valence-corrected chi connectivity index (χ3v) is 4.98. The van der Waals surface area contributed by atoms with E-state index < -0.39 is 6.04 Å². The highest BCUT2D eigenvalue weighted by Crippen LogP contribution is 2.27. The van der Waals surface area contributed by atoms with Gasteiger partial charge in [0.05, 0.1) is 0 Å². The molecule has 0 aliphatic carbocycles. The van der Waals surface area contributed by atoms with Gasteiger partial charge in [-0.25, -0.2) is 0 Å². The largest absolute Gasteiger partial charge is 0.340 e. The summed E-state index contributed by atoms with van der Waals surface area (Å²) in [6.07, 6.45) is 1.86. The van der Waals surface area contributed by atoms with Gasteiger partial charge in [0.15, 0.2) is 0 Å². The number of amides is 3. The molecule has 0 spiro atoms. The molecule has 0 aromatic heterocycles. The minimum Gasteiger partial charge on any atom is -0.340 e. The number of carbonyl (C=O) groups excluding carboxylic acids is 3. The van der Waals surface area contributed by atoms with Crippen LogP contribution in [-0.4, -0.2) is 30.3 Å². The smallest absolute Gasteiger partial charge is 0.252 e. The Morgan fingerprint density at radius 1 is 1.07 bits per heavy atom. The molecule has 0 fully saturated rings. The van der Waals surface area contributed by atoms with Crippen molar-refractivity contribution < 1.29 is 14.4 Å². The van der Waals surface area contributed by atoms with Crippen molar-refractivity contribution >= 4 is 29.1 Å². The molecule has 6 heteroatoms. The number of benzene rings is 2. The van der Waals surface area contributed by atoms with Crippen molar-refractivity contribution in [3.8, 4) is 0 Å². The molecule has 146 valence electrons. The van der Waals surface area contributed by atoms with Crippen molar-refractivity contribution in [3.05, 3.63) is 59.2 Å². The monoisotopic (exact) mass is 379 g/mol. The Bertz CT molecular complexity index is 923. The third-order valence-electron chi connectivity index (χ3n) is 4.98. The lowest BCUT2D eigenvalue weighted by Gasteiger charge is -2.31. The van der Waals surface area contributed by atoms with Crippen molar-refractivity contribution in [1.82, 2.24) is 5.32 Å². The standard InChI is InChI=1S/C22H25N3O3/c1-14-18(10-6-11-19(14)24-16(3)26)21(27)23-15(2)22(28)25-13-7-9-17-8-4-5-12-20(17)25/h4-6,8,10-12,15H,7,9,13H2,1-3H3,(H,23,27)(H,24,26)/t15-/m1/s1. The number of carbonyl (C=O) groups is 3. The molecule has 1 atom stereocenters. The van der Waals surface area contributed by atoms with Gasteiger partial charge < -0.3 is 15.5 Å². The van der Waals surface area contributed by atoms with Crippen molar-refractivity contribution in [2.45, 2.75) is 39.7 Å². The summed E-state index contributed by atoms with van der Waals surface area (Å²) in [6.45, 7) is 5.54. The first-order valence-electron chi connectivity index (χ1n) is 9.46. The molecule has 0 bridgehead atoms. The summed E-state index contributed by atoms with van der Waals surface area (Å²) in [6, 6.07) is 12.4. The molecule has 3 amide bonds. The number of hydrogen-bond acceptors (Lipinski definition) is 3. The highest BCUT2D eigenvalue weighted by atomic mass is 16.2. The molecule has 2 aromatic rings. The zero-order valence-electron chi connectivity index (χ0n) is 16.4. The lowest BCUT2D eigenvalue weighted by atomic mass is 10.0. The first-order valence-corrected chi connectivity index (χ1v) is 9.46. The highest BCUT2D eigenvalue weighted by Gasteiger charge is 2.27. The summed E-state index contributed by atoms with van der Waals surface area (Å²) in [4.78, 5) is 38.8. The molecule has 0 radical (unpaired) electrons. The number of hydrogen-bond donors (Lipinski definition) is 2. The first kappa shape index (κ1) is 19.6. The van der Waals surface area contributed by atoms with Crippen molar-refractivity contribution in [1.29, 1.82) is 0 Å². The number of rotatable bonds is 4. The van der Waals surface area contributed by atoms with E-state index in [-0.39, 0.29) is 17.7 Å². The predicted octanol–water partition coefficient (Wildman–Crippen LogP) is 3.05. The van der Waals surface area contributed by atoms with E-state index in [0.29, 0.717) is 23.4 Å². The van der Waals surface area contributed by atoms with Crippen molar-refractivity contribution in [2.75, 3.05) is 16.8 Å². The Morgan fingerprint density at radius 2 is 1.82 bits per heavy atom. The van der Waals surface area contributed by atoms with Gasteiger partial charge >= 0.3 is 0 Å². The van der Waals surface area contributed by atoms with Gasteiger partial charge in [0.25, 0.3) is 5.91 Å². The third kappa shape index (κ3) is 4.06. The molecule has 0 saturated carbocycles. The average Bonchev–Trinajstić information content (AvgIpc) is 2.68. The molecule has 3 rings (SSSR count). The highest BCUT2D eigenvalue weighted by molar-refractivity contribution is 6.04. The second kappa shape index (κ2) is 8.25. The van der Waals surface area contributed by atoms with Gasteiger partial charge in [0.1, 0.15) is 6.04 Å². The molecule has 0 unspecified atom stereocenters. The molecular weight excluding hydrogens is 354 g/mol. The summed E-state index contributed by atoms with van der Waals surface area (Å²) in [7, 11) is 0. The topological polar surface area (TPSA) is 78.5 Å². The molecule has 1 aliphatic heterocycles. The van der Waals surface area contributed by atoms with Crippen LogP contribution in [0.15, 0.2) is 42.5 Å². The van der Waals surface area contributed by atoms with Crippen LogP contribution < -0.4 is 15.5 Å². The molecule has 2 N–H and O–H groups in total. The number of fused-ring (bicyclic) bond motifs is 1. The average molecular weight is 379 g/mol. The van der Waals surface area contributed by atoms with Gasteiger partial charge in [-0.3, -0.25) is 14.4 Å². The van der Waals surface area contributed by atoms with Gasteiger partial charge in [-0.15, -0.1) is 0 Å². The zero-order valence-corrected chi connectivity index (χ0v) is 16.4. The van der Waals surface area contributed by atoms with Crippen molar-refractivity contribution in [3.63, 3.8) is 0 Å². The van der Waals surface area contributed by atoms with Crippen LogP contribution in [0.1, 0.15) is 41.8 Å². The van der Waals surface area contributed by atoms with E-state index in [1.807, 2.05) is 24.3 Å². The zero-order chi connectivity index (χ0) is 20.3. The van der Waals surface area contributed by atoms with Crippen LogP contribution >= 0.6 is 0 Å². The van der Waals surface area contributed by atoms with E-state index in [4.69, 9.17) is 0 Å². The number of anilines is 2. The molecule has 2 aromatic carbocycles. The lowest BCUT2D eigenvalue weighted by molar-refractivity contribution is -0.120. The van der Waals surface area contributed by atoms with Gasteiger partial charge in [0.2, 0.25) is 11.8 Å². The minimum atomic E-state index is -0.664. The molecule has 1 aliphatic rings. The normalized spacial score (nSPS) is 14.0. The van der Waals surface area contributed by atoms with E-state index in [9.17, 15) is 14.4 Å². The van der Waals surface area contributed by atoms with Crippen LogP contribution in [0, 0.1) is 6.92 Å². The lowest BCUT2D eigenvalue weighted by Crippen LogP contribution is -2.48. The minimum absolute atomic E-state index is 0.129. The van der Waals surface area contributed by atoms with Gasteiger partial charge in [-0.05, 0) is 56.0 Å². The van der Waals surface area contributed by atoms with Crippen LogP contribution in [0.2, 0.25) is 0 Å². The van der Waals surface area contributed by atoms with E-state index >= 15 is 0 Å². The first-order chi connectivity index (χ1) is 13.4. The van der Waals surface area contributed by atoms with E-state index in [0.717, 1.165) is 24.1 Å². The SMILES string of the molecule is CC(=O)Nc1cccc(C(=O)N[C@H](C)C(=O)N2CCCc3ccccc32)c1C. The van der Waals surface area contributed by atoms with Crippen LogP contribution in [-0.2, 0) is 16.0 Å². The van der Waals surface area contributed by atoms with Gasteiger partial charge in [0, 0.05) is 30.4 Å². The fourth-order valence-electron chi connectivity index (χ4n) is 3.54. The second-order valence-corrected chi connectivity index (χ2v) is 7.08. The Hall–Kier alpha value is -3.15. The second-order valence-electron chi connectivity index (χ2n) is 7.08. The van der Waals surface area contributed by atoms with Gasteiger partial charge in [-0.2, -0.15) is 0 Å². The quantitative estimate of drug-likeness (QED) is 0.857. The van der Waals surface area contributed by atoms with E-state index in [1.165, 1.54) is 6.92 Å². The van der Waals surface area contributed by atoms with Crippen molar-refractivity contribution in [2.24, 2.45) is 0 Å². The van der Waals surface area contributed by atoms with E-state index in [2.05, 4.69) is 10.6 Å². The summed E-state index contributed by atoms with van der Waals surface area (Å²) in [5, 5.41) is 5.52. The van der Waals surface area contributed by atoms with Crippen LogP contribution in [0.4, 0.5) is 11.4 Å². The summed E-state index contributed by atoms with van der Waals surface area (Å²) in [5.74, 6) is -0.667. The van der Waals surface area contributed by atoms with Crippen LogP contribution in [0.3, 0.4) is 0 Å². The Morgan fingerprint density at radius 3 is 2.57 bits per heavy atom. The summed E-state index contributed by atoms with van der Waals surface area (Å²) >= 11 is 0. The Balaban J connectivity index is 1.75. The van der Waals surface area contributed by atoms with Crippen LogP contribution in [0.5, 0.6) is 0 Å². The maximum absolute atomic E-state index is 13.0. The number of nitrogens with zero attached hydrogens (tertiary/aromatic N) is 1. The molecule has 28 heavy (non-hydrogen) atoms. The fourth-order valence-corrected chi connectivity index (χ4v) is 3.54. The number of nitrogens with one attached hydrogen (secondary N) is 2. The molecule has 1 heterocycles. The Kier molecular flexibility index (Phi) is 5.78. The number of para-hydroxylation sites is 1. The van der Waals surface area contributed by atoms with Gasteiger partial charge in [-0.1, -0.05) is 24.3 Å².